The molecule has 0 spiro atoms. The van der Waals surface area contributed by atoms with Gasteiger partial charge in [0.25, 0.3) is 5.89 Å². The van der Waals surface area contributed by atoms with Crippen molar-refractivity contribution in [1.82, 2.24) is 25.3 Å². The van der Waals surface area contributed by atoms with Crippen molar-refractivity contribution in [1.29, 1.82) is 0 Å². The fourth-order valence-electron chi connectivity index (χ4n) is 1.44. The van der Waals surface area contributed by atoms with Gasteiger partial charge in [-0.3, -0.25) is 5.10 Å². The molecule has 86 valence electrons. The molecular formula is C9H8N6OS. The Morgan fingerprint density at radius 3 is 3.00 bits per heavy atom. The number of hydrogen-bond donors (Lipinski definition) is 2. The molecule has 0 atom stereocenters. The zero-order chi connectivity index (χ0) is 11.8. The Balaban J connectivity index is 2.03. The highest BCUT2D eigenvalue weighted by Crippen LogP contribution is 2.32. The predicted octanol–water partition coefficient (Wildman–Crippen LogP) is 1.47. The van der Waals surface area contributed by atoms with Crippen LogP contribution in [0.3, 0.4) is 0 Å². The molecule has 0 aliphatic rings. The summed E-state index contributed by atoms with van der Waals surface area (Å²) in [6.45, 7) is 1.97. The van der Waals surface area contributed by atoms with Gasteiger partial charge < -0.3 is 10.3 Å². The largest absolute Gasteiger partial charge is 0.390 e. The second kappa shape index (κ2) is 3.67. The fraction of sp³-hybridized carbons (Fsp3) is 0.111. The molecule has 0 aliphatic heterocycles. The van der Waals surface area contributed by atoms with Crippen LogP contribution in [0.25, 0.3) is 23.1 Å². The number of nitrogens with zero attached hydrogens (tertiary/aromatic N) is 4. The van der Waals surface area contributed by atoms with Gasteiger partial charge in [-0.1, -0.05) is 5.16 Å². The van der Waals surface area contributed by atoms with Gasteiger partial charge in [0, 0.05) is 4.88 Å². The van der Waals surface area contributed by atoms with Crippen LogP contribution in [-0.2, 0) is 0 Å². The topological polar surface area (TPSA) is 107 Å². The number of anilines is 1. The van der Waals surface area contributed by atoms with E-state index in [-0.39, 0.29) is 0 Å². The number of aryl methyl sites for hydroxylation is 1. The van der Waals surface area contributed by atoms with E-state index in [1.807, 2.05) is 13.0 Å². The number of nitrogen functional groups attached to an aromatic ring is 1. The molecule has 17 heavy (non-hydrogen) atoms. The van der Waals surface area contributed by atoms with Crippen LogP contribution < -0.4 is 5.73 Å². The zero-order valence-corrected chi connectivity index (χ0v) is 9.65. The van der Waals surface area contributed by atoms with Crippen LogP contribution in [0.1, 0.15) is 4.88 Å². The summed E-state index contributed by atoms with van der Waals surface area (Å²) in [6, 6.07) is 1.91. The molecule has 8 heteroatoms. The van der Waals surface area contributed by atoms with Crippen LogP contribution in [0.15, 0.2) is 16.9 Å². The van der Waals surface area contributed by atoms with Crippen LogP contribution in [0, 0.1) is 6.92 Å². The monoisotopic (exact) mass is 248 g/mol. The van der Waals surface area contributed by atoms with Gasteiger partial charge in [0.05, 0.1) is 10.6 Å². The Morgan fingerprint density at radius 1 is 1.47 bits per heavy atom. The van der Waals surface area contributed by atoms with Gasteiger partial charge >= 0.3 is 0 Å². The Hall–Kier alpha value is -2.22. The van der Waals surface area contributed by atoms with E-state index >= 15 is 0 Å². The van der Waals surface area contributed by atoms with Crippen molar-refractivity contribution in [3.05, 3.63) is 17.3 Å². The first-order valence-corrected chi connectivity index (χ1v) is 5.61. The predicted molar refractivity (Wildman–Crippen MR) is 62.1 cm³/mol. The van der Waals surface area contributed by atoms with Crippen LogP contribution in [0.4, 0.5) is 5.00 Å². The molecule has 0 saturated heterocycles. The Kier molecular flexibility index (Phi) is 2.15. The molecule has 7 nitrogen and oxygen atoms in total. The van der Waals surface area contributed by atoms with Gasteiger partial charge in [-0.15, -0.1) is 11.3 Å². The number of rotatable bonds is 2. The van der Waals surface area contributed by atoms with Gasteiger partial charge in [0.2, 0.25) is 5.82 Å². The van der Waals surface area contributed by atoms with E-state index in [1.54, 1.807) is 0 Å². The van der Waals surface area contributed by atoms with E-state index in [2.05, 4.69) is 25.3 Å². The molecule has 0 saturated carbocycles. The molecule has 3 N–H and O–H groups in total. The highest BCUT2D eigenvalue weighted by molar-refractivity contribution is 7.16. The second-order valence-electron chi connectivity index (χ2n) is 3.39. The zero-order valence-electron chi connectivity index (χ0n) is 8.84. The quantitative estimate of drug-likeness (QED) is 0.711. The maximum absolute atomic E-state index is 5.86. The minimum absolute atomic E-state index is 0.362. The Labute approximate surface area is 99.7 Å². The lowest BCUT2D eigenvalue weighted by Gasteiger charge is -1.88. The number of H-pyrrole nitrogens is 1. The Morgan fingerprint density at radius 2 is 2.35 bits per heavy atom. The highest BCUT2D eigenvalue weighted by Gasteiger charge is 2.16. The van der Waals surface area contributed by atoms with Crippen LogP contribution in [-0.4, -0.2) is 25.3 Å². The molecule has 0 unspecified atom stereocenters. The minimum atomic E-state index is 0.362. The van der Waals surface area contributed by atoms with Crippen molar-refractivity contribution in [2.24, 2.45) is 0 Å². The first-order valence-electron chi connectivity index (χ1n) is 4.80. The van der Waals surface area contributed by atoms with E-state index < -0.39 is 0 Å². The van der Waals surface area contributed by atoms with E-state index in [1.165, 1.54) is 17.7 Å². The summed E-state index contributed by atoms with van der Waals surface area (Å²) in [5.41, 5.74) is 6.61. The third-order valence-corrected chi connectivity index (χ3v) is 3.05. The van der Waals surface area contributed by atoms with Gasteiger partial charge in [0.15, 0.2) is 5.82 Å². The van der Waals surface area contributed by atoms with Gasteiger partial charge in [-0.25, -0.2) is 4.98 Å². The van der Waals surface area contributed by atoms with Crippen LogP contribution >= 0.6 is 11.3 Å². The van der Waals surface area contributed by atoms with Crippen molar-refractivity contribution in [3.8, 4) is 23.1 Å². The minimum Gasteiger partial charge on any atom is -0.390 e. The average Bonchev–Trinajstić information content (AvgIpc) is 2.97. The third-order valence-electron chi connectivity index (χ3n) is 2.17. The summed E-state index contributed by atoms with van der Waals surface area (Å²) < 4.78 is 5.15. The van der Waals surface area contributed by atoms with Crippen molar-refractivity contribution < 1.29 is 4.52 Å². The average molecular weight is 248 g/mol. The lowest BCUT2D eigenvalue weighted by molar-refractivity contribution is 0.432. The van der Waals surface area contributed by atoms with Crippen LogP contribution in [0.2, 0.25) is 0 Å². The van der Waals surface area contributed by atoms with E-state index in [0.717, 1.165) is 10.4 Å². The highest BCUT2D eigenvalue weighted by atomic mass is 32.1. The smallest absolute Gasteiger partial charge is 0.261 e. The summed E-state index contributed by atoms with van der Waals surface area (Å²) in [7, 11) is 0. The normalized spacial score (nSPS) is 10.9. The first kappa shape index (κ1) is 9.97. The van der Waals surface area contributed by atoms with E-state index in [9.17, 15) is 0 Å². The molecule has 0 aliphatic carbocycles. The number of aromatic nitrogens is 5. The molecule has 3 heterocycles. The molecule has 3 aromatic rings. The molecule has 0 aromatic carbocycles. The van der Waals surface area contributed by atoms with Crippen LogP contribution in [0.5, 0.6) is 0 Å². The number of thiophene rings is 1. The number of nitrogens with one attached hydrogen (secondary N) is 1. The van der Waals surface area contributed by atoms with Crippen molar-refractivity contribution in [2.75, 3.05) is 5.73 Å². The summed E-state index contributed by atoms with van der Waals surface area (Å²) in [5.74, 6) is 1.21. The summed E-state index contributed by atoms with van der Waals surface area (Å²) in [5, 5.41) is 10.9. The lowest BCUT2D eigenvalue weighted by atomic mass is 10.3. The number of nitrogens with two attached hydrogens (primary N) is 1. The Bertz CT molecular complexity index is 640. The molecule has 3 aromatic heterocycles. The van der Waals surface area contributed by atoms with Crippen molar-refractivity contribution in [3.63, 3.8) is 0 Å². The standard InChI is InChI=1S/C9H8N6OS/c1-4-2-5(6(10)17-4)9-13-8(15-16-9)7-11-3-12-14-7/h2-3H,10H2,1H3,(H,11,12,14). The fourth-order valence-corrected chi connectivity index (χ4v) is 2.22. The molecule has 0 radical (unpaired) electrons. The SMILES string of the molecule is Cc1cc(-c2nc(-c3ncn[nH]3)no2)c(N)s1. The van der Waals surface area contributed by atoms with Gasteiger partial charge in [-0.2, -0.15) is 10.1 Å². The molecule has 0 fully saturated rings. The second-order valence-corrected chi connectivity index (χ2v) is 4.68. The number of hydrogen-bond acceptors (Lipinski definition) is 7. The number of aromatic amines is 1. The summed E-state index contributed by atoms with van der Waals surface area (Å²) in [6.07, 6.45) is 1.38. The van der Waals surface area contributed by atoms with E-state index in [0.29, 0.717) is 22.5 Å². The van der Waals surface area contributed by atoms with E-state index in [4.69, 9.17) is 10.3 Å². The van der Waals surface area contributed by atoms with Gasteiger partial charge in [-0.05, 0) is 13.0 Å². The maximum atomic E-state index is 5.86. The summed E-state index contributed by atoms with van der Waals surface area (Å²) >= 11 is 1.49. The summed E-state index contributed by atoms with van der Waals surface area (Å²) in [4.78, 5) is 9.25. The van der Waals surface area contributed by atoms with Crippen molar-refractivity contribution >= 4 is 16.3 Å². The molecular weight excluding hydrogens is 240 g/mol. The molecule has 0 bridgehead atoms. The molecule has 3 rings (SSSR count). The van der Waals surface area contributed by atoms with Gasteiger partial charge in [0.1, 0.15) is 6.33 Å². The third kappa shape index (κ3) is 1.68. The maximum Gasteiger partial charge on any atom is 0.261 e. The lowest BCUT2D eigenvalue weighted by Crippen LogP contribution is -1.85. The van der Waals surface area contributed by atoms with Crippen molar-refractivity contribution in [2.45, 2.75) is 6.92 Å². The first-order chi connectivity index (χ1) is 8.24. The molecule has 0 amide bonds.